The van der Waals surface area contributed by atoms with Crippen molar-refractivity contribution < 1.29 is 9.90 Å². The van der Waals surface area contributed by atoms with Gasteiger partial charge in [0.2, 0.25) is 0 Å². The Balaban J connectivity index is 1.99. The minimum Gasteiger partial charge on any atom is -0.478 e. The second-order valence-electron chi connectivity index (χ2n) is 5.13. The molecule has 0 amide bonds. The number of aromatic carboxylic acids is 1. The van der Waals surface area contributed by atoms with Crippen LogP contribution in [0.2, 0.25) is 0 Å². The first-order valence-corrected chi connectivity index (χ1v) is 6.59. The van der Waals surface area contributed by atoms with Crippen molar-refractivity contribution in [3.05, 3.63) is 24.0 Å². The molecule has 1 saturated carbocycles. The first kappa shape index (κ1) is 12.9. The van der Waals surface area contributed by atoms with E-state index < -0.39 is 5.97 Å². The minimum absolute atomic E-state index is 0.251. The van der Waals surface area contributed by atoms with E-state index in [0.29, 0.717) is 11.6 Å². The van der Waals surface area contributed by atoms with Crippen LogP contribution in [0.4, 0.5) is 5.69 Å². The van der Waals surface area contributed by atoms with Crippen LogP contribution in [0.3, 0.4) is 0 Å². The lowest BCUT2D eigenvalue weighted by Crippen LogP contribution is -2.25. The lowest BCUT2D eigenvalue weighted by Gasteiger charge is -2.29. The van der Waals surface area contributed by atoms with E-state index in [9.17, 15) is 4.79 Å². The first-order valence-electron chi connectivity index (χ1n) is 6.59. The van der Waals surface area contributed by atoms with E-state index in [4.69, 9.17) is 5.11 Å². The largest absolute Gasteiger partial charge is 0.478 e. The molecule has 2 N–H and O–H groups in total. The van der Waals surface area contributed by atoms with Gasteiger partial charge in [-0.2, -0.15) is 0 Å². The maximum Gasteiger partial charge on any atom is 0.339 e. The molecule has 18 heavy (non-hydrogen) atoms. The van der Waals surface area contributed by atoms with E-state index in [-0.39, 0.29) is 5.56 Å². The molecule has 98 valence electrons. The Morgan fingerprint density at radius 3 is 3.00 bits per heavy atom. The first-order chi connectivity index (χ1) is 8.68. The Morgan fingerprint density at radius 1 is 1.50 bits per heavy atom. The number of pyridine rings is 1. The lowest BCUT2D eigenvalue weighted by atomic mass is 9.80. The van der Waals surface area contributed by atoms with Crippen molar-refractivity contribution in [3.63, 3.8) is 0 Å². The highest BCUT2D eigenvalue weighted by molar-refractivity contribution is 5.93. The zero-order valence-corrected chi connectivity index (χ0v) is 10.7. The van der Waals surface area contributed by atoms with Gasteiger partial charge in [0, 0.05) is 18.9 Å². The van der Waals surface area contributed by atoms with Gasteiger partial charge in [0.05, 0.1) is 5.69 Å². The van der Waals surface area contributed by atoms with Gasteiger partial charge in [-0.3, -0.25) is 4.98 Å². The summed E-state index contributed by atoms with van der Waals surface area (Å²) in [7, 11) is 0. The van der Waals surface area contributed by atoms with E-state index in [2.05, 4.69) is 17.2 Å². The fraction of sp³-hybridized carbons (Fsp3) is 0.571. The van der Waals surface area contributed by atoms with Crippen LogP contribution in [-0.4, -0.2) is 22.6 Å². The van der Waals surface area contributed by atoms with Crippen LogP contribution in [0.15, 0.2) is 18.5 Å². The van der Waals surface area contributed by atoms with Gasteiger partial charge in [-0.25, -0.2) is 4.79 Å². The summed E-state index contributed by atoms with van der Waals surface area (Å²) in [6.07, 6.45) is 8.16. The molecule has 1 aromatic rings. The van der Waals surface area contributed by atoms with Gasteiger partial charge < -0.3 is 10.4 Å². The fourth-order valence-electron chi connectivity index (χ4n) is 2.66. The van der Waals surface area contributed by atoms with Crippen LogP contribution in [0.25, 0.3) is 0 Å². The normalized spacial score (nSPS) is 23.6. The molecule has 0 bridgehead atoms. The fourth-order valence-corrected chi connectivity index (χ4v) is 2.66. The van der Waals surface area contributed by atoms with E-state index in [1.54, 1.807) is 12.3 Å². The van der Waals surface area contributed by atoms with Gasteiger partial charge >= 0.3 is 5.97 Å². The van der Waals surface area contributed by atoms with Crippen LogP contribution in [0.5, 0.6) is 0 Å². The maximum absolute atomic E-state index is 11.1. The standard InChI is InChI=1S/C14H20N2O2/c1-10-4-2-3-5-11(10)8-16-13-6-7-15-9-12(13)14(17)18/h6-7,9-11H,2-5,8H2,1H3,(H,15,16)(H,17,18). The van der Waals surface area contributed by atoms with Gasteiger partial charge in [0.25, 0.3) is 0 Å². The van der Waals surface area contributed by atoms with Crippen LogP contribution < -0.4 is 5.32 Å². The Bertz CT molecular complexity index is 420. The van der Waals surface area contributed by atoms with Crippen molar-refractivity contribution in [1.29, 1.82) is 0 Å². The highest BCUT2D eigenvalue weighted by Crippen LogP contribution is 2.29. The van der Waals surface area contributed by atoms with Crippen LogP contribution in [0.1, 0.15) is 43.0 Å². The van der Waals surface area contributed by atoms with Crippen molar-refractivity contribution in [2.75, 3.05) is 11.9 Å². The van der Waals surface area contributed by atoms with Gasteiger partial charge in [0.1, 0.15) is 5.56 Å². The molecule has 0 aliphatic heterocycles. The number of anilines is 1. The molecule has 4 nitrogen and oxygen atoms in total. The molecular weight excluding hydrogens is 228 g/mol. The predicted molar refractivity (Wildman–Crippen MR) is 70.8 cm³/mol. The summed E-state index contributed by atoms with van der Waals surface area (Å²) in [5.74, 6) is 0.442. The lowest BCUT2D eigenvalue weighted by molar-refractivity contribution is 0.0697. The van der Waals surface area contributed by atoms with Crippen molar-refractivity contribution >= 4 is 11.7 Å². The van der Waals surface area contributed by atoms with Crippen molar-refractivity contribution in [3.8, 4) is 0 Å². The molecule has 0 radical (unpaired) electrons. The minimum atomic E-state index is -0.928. The van der Waals surface area contributed by atoms with Crippen molar-refractivity contribution in [2.45, 2.75) is 32.6 Å². The average molecular weight is 248 g/mol. The zero-order valence-electron chi connectivity index (χ0n) is 10.7. The van der Waals surface area contributed by atoms with Gasteiger partial charge in [-0.15, -0.1) is 0 Å². The number of nitrogens with zero attached hydrogens (tertiary/aromatic N) is 1. The van der Waals surface area contributed by atoms with Crippen molar-refractivity contribution in [1.82, 2.24) is 4.98 Å². The number of hydrogen-bond acceptors (Lipinski definition) is 3. The summed E-state index contributed by atoms with van der Waals surface area (Å²) in [4.78, 5) is 14.9. The van der Waals surface area contributed by atoms with Crippen LogP contribution in [0, 0.1) is 11.8 Å². The van der Waals surface area contributed by atoms with Crippen LogP contribution >= 0.6 is 0 Å². The summed E-state index contributed by atoms with van der Waals surface area (Å²) in [6, 6.07) is 1.73. The Labute approximate surface area is 107 Å². The molecule has 0 aromatic carbocycles. The predicted octanol–water partition coefficient (Wildman–Crippen LogP) is 3.02. The average Bonchev–Trinajstić information content (AvgIpc) is 2.38. The second-order valence-corrected chi connectivity index (χ2v) is 5.13. The Kier molecular flexibility index (Phi) is 4.18. The number of hydrogen-bond donors (Lipinski definition) is 2. The highest BCUT2D eigenvalue weighted by Gasteiger charge is 2.21. The quantitative estimate of drug-likeness (QED) is 0.859. The zero-order chi connectivity index (χ0) is 13.0. The molecule has 4 heteroatoms. The molecule has 2 atom stereocenters. The molecule has 1 aliphatic rings. The number of carboxylic acids is 1. The summed E-state index contributed by atoms with van der Waals surface area (Å²) < 4.78 is 0. The van der Waals surface area contributed by atoms with E-state index in [0.717, 1.165) is 12.5 Å². The highest BCUT2D eigenvalue weighted by atomic mass is 16.4. The molecule has 1 aliphatic carbocycles. The molecule has 1 aromatic heterocycles. The van der Waals surface area contributed by atoms with Gasteiger partial charge in [-0.05, 0) is 24.3 Å². The number of rotatable bonds is 4. The molecule has 1 heterocycles. The van der Waals surface area contributed by atoms with Crippen molar-refractivity contribution in [2.24, 2.45) is 11.8 Å². The topological polar surface area (TPSA) is 62.2 Å². The molecule has 0 saturated heterocycles. The molecule has 2 rings (SSSR count). The summed E-state index contributed by atoms with van der Waals surface area (Å²) >= 11 is 0. The van der Waals surface area contributed by atoms with E-state index in [1.807, 2.05) is 0 Å². The van der Waals surface area contributed by atoms with E-state index in [1.165, 1.54) is 31.9 Å². The molecule has 0 spiro atoms. The number of carbonyl (C=O) groups is 1. The van der Waals surface area contributed by atoms with Gasteiger partial charge in [-0.1, -0.05) is 26.2 Å². The maximum atomic E-state index is 11.1. The number of carboxylic acid groups (broad SMARTS) is 1. The monoisotopic (exact) mass is 248 g/mol. The van der Waals surface area contributed by atoms with Crippen LogP contribution in [-0.2, 0) is 0 Å². The molecule has 2 unspecified atom stereocenters. The Hall–Kier alpha value is -1.58. The summed E-state index contributed by atoms with van der Waals surface area (Å²) in [6.45, 7) is 3.14. The Morgan fingerprint density at radius 2 is 2.28 bits per heavy atom. The third-order valence-corrected chi connectivity index (χ3v) is 3.90. The molecular formula is C14H20N2O2. The third kappa shape index (κ3) is 3.00. The smallest absolute Gasteiger partial charge is 0.339 e. The van der Waals surface area contributed by atoms with E-state index >= 15 is 0 Å². The van der Waals surface area contributed by atoms with Gasteiger partial charge in [0.15, 0.2) is 0 Å². The third-order valence-electron chi connectivity index (χ3n) is 3.90. The summed E-state index contributed by atoms with van der Waals surface area (Å²) in [5, 5.41) is 12.3. The summed E-state index contributed by atoms with van der Waals surface area (Å²) in [5.41, 5.74) is 0.927. The molecule has 1 fully saturated rings. The number of aromatic nitrogens is 1. The number of nitrogens with one attached hydrogen (secondary N) is 1. The second kappa shape index (κ2) is 5.85. The SMILES string of the molecule is CC1CCCCC1CNc1ccncc1C(=O)O.